The zero-order valence-electron chi connectivity index (χ0n) is 16.4. The van der Waals surface area contributed by atoms with Crippen LogP contribution in [-0.2, 0) is 11.3 Å². The molecule has 0 aliphatic heterocycles. The molecule has 0 bridgehead atoms. The highest BCUT2D eigenvalue weighted by Gasteiger charge is 2.21. The van der Waals surface area contributed by atoms with Crippen LogP contribution in [0.1, 0.15) is 50.7 Å². The van der Waals surface area contributed by atoms with E-state index in [0.29, 0.717) is 24.3 Å². The highest BCUT2D eigenvalue weighted by molar-refractivity contribution is 5.99. The summed E-state index contributed by atoms with van der Waals surface area (Å²) < 4.78 is 19.4. The molecule has 0 fully saturated rings. The smallest absolute Gasteiger partial charge is 0.407 e. The molecular formula is C20H26FN3O3. The number of carbonyl (C=O) groups is 2. The van der Waals surface area contributed by atoms with E-state index in [1.54, 1.807) is 37.8 Å². The van der Waals surface area contributed by atoms with E-state index in [0.717, 1.165) is 0 Å². The fourth-order valence-corrected chi connectivity index (χ4v) is 2.67. The number of halogens is 1. The van der Waals surface area contributed by atoms with Crippen molar-refractivity contribution in [2.75, 3.05) is 13.1 Å². The lowest BCUT2D eigenvalue weighted by Gasteiger charge is -2.22. The Kier molecular flexibility index (Phi) is 6.36. The number of carbonyl (C=O) groups excluding carboxylic acids is 2. The monoisotopic (exact) mass is 375 g/mol. The van der Waals surface area contributed by atoms with Crippen LogP contribution >= 0.6 is 0 Å². The highest BCUT2D eigenvalue weighted by atomic mass is 19.1. The SMILES string of the molecule is CCN(CC)C(=O)c1cc2c(F)cccc2nc1CNC(=O)OC(C)(C)C. The molecule has 0 atom stereocenters. The number of amides is 2. The fourth-order valence-electron chi connectivity index (χ4n) is 2.67. The van der Waals surface area contributed by atoms with Gasteiger partial charge in [-0.15, -0.1) is 0 Å². The van der Waals surface area contributed by atoms with Crippen molar-refractivity contribution in [3.63, 3.8) is 0 Å². The van der Waals surface area contributed by atoms with Gasteiger partial charge < -0.3 is 15.0 Å². The average Bonchev–Trinajstić information content (AvgIpc) is 2.59. The Balaban J connectivity index is 2.41. The molecule has 0 aliphatic carbocycles. The molecule has 1 aromatic carbocycles. The average molecular weight is 375 g/mol. The quantitative estimate of drug-likeness (QED) is 0.861. The van der Waals surface area contributed by atoms with Gasteiger partial charge in [-0.1, -0.05) is 6.07 Å². The molecule has 7 heteroatoms. The van der Waals surface area contributed by atoms with Gasteiger partial charge in [0.2, 0.25) is 0 Å². The zero-order chi connectivity index (χ0) is 20.2. The standard InChI is InChI=1S/C20H26FN3O3/c1-6-24(7-2)18(25)14-11-13-15(21)9-8-10-16(13)23-17(14)12-22-19(26)27-20(3,4)5/h8-11H,6-7,12H2,1-5H3,(H,22,26). The van der Waals surface area contributed by atoms with Crippen LogP contribution in [0, 0.1) is 5.82 Å². The van der Waals surface area contributed by atoms with E-state index < -0.39 is 17.5 Å². The maximum atomic E-state index is 14.2. The van der Waals surface area contributed by atoms with E-state index in [9.17, 15) is 14.0 Å². The molecule has 0 radical (unpaired) electrons. The van der Waals surface area contributed by atoms with Crippen molar-refractivity contribution in [3.8, 4) is 0 Å². The van der Waals surface area contributed by atoms with Crippen LogP contribution in [0.2, 0.25) is 0 Å². The van der Waals surface area contributed by atoms with Crippen molar-refractivity contribution in [1.29, 1.82) is 0 Å². The Morgan fingerprint density at radius 1 is 1.22 bits per heavy atom. The minimum atomic E-state index is -0.635. The van der Waals surface area contributed by atoms with E-state index in [4.69, 9.17) is 4.74 Å². The number of aromatic nitrogens is 1. The first-order valence-electron chi connectivity index (χ1n) is 9.00. The second-order valence-electron chi connectivity index (χ2n) is 7.12. The van der Waals surface area contributed by atoms with Gasteiger partial charge in [0.25, 0.3) is 5.91 Å². The molecule has 2 rings (SSSR count). The van der Waals surface area contributed by atoms with E-state index in [1.165, 1.54) is 12.1 Å². The molecular weight excluding hydrogens is 349 g/mol. The van der Waals surface area contributed by atoms with Gasteiger partial charge in [-0.3, -0.25) is 4.79 Å². The van der Waals surface area contributed by atoms with Crippen LogP contribution in [0.4, 0.5) is 9.18 Å². The molecule has 2 amide bonds. The molecule has 146 valence electrons. The first kappa shape index (κ1) is 20.6. The Morgan fingerprint density at radius 2 is 1.89 bits per heavy atom. The molecule has 27 heavy (non-hydrogen) atoms. The van der Waals surface area contributed by atoms with E-state index in [1.807, 2.05) is 13.8 Å². The molecule has 0 unspecified atom stereocenters. The Bertz CT molecular complexity index is 842. The van der Waals surface area contributed by atoms with Gasteiger partial charge in [-0.2, -0.15) is 0 Å². The lowest BCUT2D eigenvalue weighted by Crippen LogP contribution is -2.34. The largest absolute Gasteiger partial charge is 0.444 e. The number of rotatable bonds is 5. The third-order valence-corrected chi connectivity index (χ3v) is 3.97. The lowest BCUT2D eigenvalue weighted by atomic mass is 10.1. The van der Waals surface area contributed by atoms with Gasteiger partial charge in [0, 0.05) is 18.5 Å². The summed E-state index contributed by atoms with van der Waals surface area (Å²) >= 11 is 0. The Hall–Kier alpha value is -2.70. The topological polar surface area (TPSA) is 71.5 Å². The van der Waals surface area contributed by atoms with Gasteiger partial charge >= 0.3 is 6.09 Å². The Morgan fingerprint density at radius 3 is 2.48 bits per heavy atom. The normalized spacial score (nSPS) is 11.3. The van der Waals surface area contributed by atoms with E-state index >= 15 is 0 Å². The maximum Gasteiger partial charge on any atom is 0.407 e. The van der Waals surface area contributed by atoms with E-state index in [2.05, 4.69) is 10.3 Å². The van der Waals surface area contributed by atoms with E-state index in [-0.39, 0.29) is 23.4 Å². The summed E-state index contributed by atoms with van der Waals surface area (Å²) in [5, 5.41) is 2.89. The number of benzene rings is 1. The van der Waals surface area contributed by atoms with Crippen molar-refractivity contribution in [3.05, 3.63) is 41.3 Å². The van der Waals surface area contributed by atoms with Gasteiger partial charge in [-0.05, 0) is 52.8 Å². The first-order chi connectivity index (χ1) is 12.7. The summed E-state index contributed by atoms with van der Waals surface area (Å²) in [7, 11) is 0. The van der Waals surface area contributed by atoms with Crippen LogP contribution in [0.15, 0.2) is 24.3 Å². The summed E-state index contributed by atoms with van der Waals surface area (Å²) in [4.78, 5) is 30.9. The minimum absolute atomic E-state index is 0.00368. The second-order valence-corrected chi connectivity index (χ2v) is 7.12. The first-order valence-corrected chi connectivity index (χ1v) is 9.00. The summed E-state index contributed by atoms with van der Waals surface area (Å²) in [6.07, 6.45) is -0.607. The van der Waals surface area contributed by atoms with Gasteiger partial charge in [0.15, 0.2) is 0 Å². The lowest BCUT2D eigenvalue weighted by molar-refractivity contribution is 0.0521. The molecule has 1 N–H and O–H groups in total. The van der Waals surface area contributed by atoms with Crippen molar-refractivity contribution < 1.29 is 18.7 Å². The summed E-state index contributed by atoms with van der Waals surface area (Å²) in [6, 6.07) is 6.06. The summed E-state index contributed by atoms with van der Waals surface area (Å²) in [5.74, 6) is -0.695. The van der Waals surface area contributed by atoms with Crippen LogP contribution in [0.25, 0.3) is 10.9 Å². The predicted molar refractivity (Wildman–Crippen MR) is 102 cm³/mol. The summed E-state index contributed by atoms with van der Waals surface area (Å²) in [5.41, 5.74) is 0.430. The molecule has 1 heterocycles. The van der Waals surface area contributed by atoms with Crippen molar-refractivity contribution >= 4 is 22.9 Å². The van der Waals surface area contributed by atoms with Crippen molar-refractivity contribution in [1.82, 2.24) is 15.2 Å². The zero-order valence-corrected chi connectivity index (χ0v) is 16.4. The summed E-state index contributed by atoms with van der Waals surface area (Å²) in [6.45, 7) is 10.1. The Labute approximate surface area is 158 Å². The predicted octanol–water partition coefficient (Wildman–Crippen LogP) is 3.88. The number of nitrogens with zero attached hydrogens (tertiary/aromatic N) is 2. The van der Waals surface area contributed by atoms with Crippen molar-refractivity contribution in [2.45, 2.75) is 46.8 Å². The highest BCUT2D eigenvalue weighted by Crippen LogP contribution is 2.21. The number of pyridine rings is 1. The second kappa shape index (κ2) is 8.33. The van der Waals surface area contributed by atoms with Gasteiger partial charge in [0.05, 0.1) is 23.3 Å². The molecule has 0 saturated carbocycles. The van der Waals surface area contributed by atoms with Crippen LogP contribution in [0.3, 0.4) is 0 Å². The number of alkyl carbamates (subject to hydrolysis) is 1. The van der Waals surface area contributed by atoms with Gasteiger partial charge in [-0.25, -0.2) is 14.2 Å². The molecule has 2 aromatic rings. The molecule has 0 aliphatic rings. The maximum absolute atomic E-state index is 14.2. The third-order valence-electron chi connectivity index (χ3n) is 3.97. The van der Waals surface area contributed by atoms with Crippen LogP contribution in [-0.4, -0.2) is 40.6 Å². The molecule has 1 aromatic heterocycles. The van der Waals surface area contributed by atoms with Crippen molar-refractivity contribution in [2.24, 2.45) is 0 Å². The van der Waals surface area contributed by atoms with Gasteiger partial charge in [0.1, 0.15) is 11.4 Å². The number of nitrogens with one attached hydrogen (secondary N) is 1. The molecule has 6 nitrogen and oxygen atoms in total. The molecule has 0 saturated heterocycles. The third kappa shape index (κ3) is 5.15. The number of hydrogen-bond donors (Lipinski definition) is 1. The number of hydrogen-bond acceptors (Lipinski definition) is 4. The fraction of sp³-hybridized carbons (Fsp3) is 0.450. The molecule has 0 spiro atoms. The van der Waals surface area contributed by atoms with Crippen LogP contribution in [0.5, 0.6) is 0 Å². The number of ether oxygens (including phenoxy) is 1. The van der Waals surface area contributed by atoms with Crippen LogP contribution < -0.4 is 5.32 Å². The number of fused-ring (bicyclic) bond motifs is 1. The minimum Gasteiger partial charge on any atom is -0.444 e.